The monoisotopic (exact) mass is 492 g/mol. The van der Waals surface area contributed by atoms with E-state index in [0.717, 1.165) is 4.68 Å². The lowest BCUT2D eigenvalue weighted by Crippen LogP contribution is -2.18. The van der Waals surface area contributed by atoms with Crippen molar-refractivity contribution in [1.82, 2.24) is 24.7 Å². The van der Waals surface area contributed by atoms with Crippen LogP contribution in [0.2, 0.25) is 0 Å². The molecule has 0 radical (unpaired) electrons. The number of nitrogens with two attached hydrogens (primary N) is 1. The number of aromatic amines is 1. The van der Waals surface area contributed by atoms with Gasteiger partial charge in [0.25, 0.3) is 5.95 Å². The van der Waals surface area contributed by atoms with Gasteiger partial charge in [0.1, 0.15) is 36.7 Å². The molecule has 0 amide bonds. The molecule has 5 N–H and O–H groups in total. The molecule has 0 bridgehead atoms. The van der Waals surface area contributed by atoms with Crippen LogP contribution in [0.5, 0.6) is 11.5 Å². The van der Waals surface area contributed by atoms with Crippen LogP contribution in [0.15, 0.2) is 65.7 Å². The summed E-state index contributed by atoms with van der Waals surface area (Å²) in [4.78, 5) is 23.7. The number of alkyl halides is 1. The van der Waals surface area contributed by atoms with E-state index >= 15 is 0 Å². The average molecular weight is 493 g/mol. The zero-order chi connectivity index (χ0) is 25.5. The van der Waals surface area contributed by atoms with Crippen LogP contribution in [-0.4, -0.2) is 50.5 Å². The predicted octanol–water partition coefficient (Wildman–Crippen LogP) is 2.58. The summed E-state index contributed by atoms with van der Waals surface area (Å²) in [7, 11) is 0. The van der Waals surface area contributed by atoms with Crippen LogP contribution < -0.4 is 26.2 Å². The molecule has 0 saturated carbocycles. The van der Waals surface area contributed by atoms with Crippen molar-refractivity contribution in [2.45, 2.75) is 13.0 Å². The first-order valence-corrected chi connectivity index (χ1v) is 11.1. The van der Waals surface area contributed by atoms with Crippen molar-refractivity contribution in [2.24, 2.45) is 5.73 Å². The number of rotatable bonds is 11. The lowest BCUT2D eigenvalue weighted by Gasteiger charge is -2.20. The SMILES string of the molecule is CCOc1cc(OCCF)cc([C@H](Nc2ccc(C(=N)N)cc2)c2nn(-c3ncccn3)c(=O)[nH]2)c1. The van der Waals surface area contributed by atoms with Crippen molar-refractivity contribution in [3.8, 4) is 17.4 Å². The Bertz CT molecular complexity index is 1370. The fraction of sp³-hybridized carbons (Fsp3) is 0.208. The van der Waals surface area contributed by atoms with Gasteiger partial charge < -0.3 is 20.5 Å². The number of ether oxygens (including phenoxy) is 2. The Morgan fingerprint density at radius 1 is 1.17 bits per heavy atom. The second kappa shape index (κ2) is 11.1. The molecule has 11 nitrogen and oxygen atoms in total. The van der Waals surface area contributed by atoms with E-state index in [0.29, 0.717) is 34.9 Å². The Morgan fingerprint density at radius 3 is 2.50 bits per heavy atom. The quantitative estimate of drug-likeness (QED) is 0.184. The predicted molar refractivity (Wildman–Crippen MR) is 132 cm³/mol. The van der Waals surface area contributed by atoms with Crippen LogP contribution in [-0.2, 0) is 0 Å². The van der Waals surface area contributed by atoms with Crippen molar-refractivity contribution in [1.29, 1.82) is 5.41 Å². The molecule has 2 aromatic carbocycles. The Labute approximate surface area is 205 Å². The van der Waals surface area contributed by atoms with Crippen LogP contribution in [0.25, 0.3) is 5.95 Å². The Morgan fingerprint density at radius 2 is 1.86 bits per heavy atom. The summed E-state index contributed by atoms with van der Waals surface area (Å²) in [6, 6.07) is 13.0. The molecular weight excluding hydrogens is 467 g/mol. The Balaban J connectivity index is 1.79. The van der Waals surface area contributed by atoms with Gasteiger partial charge in [-0.3, -0.25) is 10.4 Å². The number of nitrogens with one attached hydrogen (secondary N) is 3. The Hall–Kier alpha value is -4.74. The highest BCUT2D eigenvalue weighted by Crippen LogP contribution is 2.31. The van der Waals surface area contributed by atoms with Crippen molar-refractivity contribution >= 4 is 11.5 Å². The first-order valence-electron chi connectivity index (χ1n) is 11.1. The maximum Gasteiger partial charge on any atom is 0.350 e. The molecule has 0 unspecified atom stereocenters. The van der Waals surface area contributed by atoms with Crippen LogP contribution in [0.3, 0.4) is 0 Å². The van der Waals surface area contributed by atoms with Gasteiger partial charge in [-0.15, -0.1) is 9.78 Å². The molecule has 1 atom stereocenters. The van der Waals surface area contributed by atoms with Gasteiger partial charge in [-0.25, -0.2) is 19.2 Å². The molecule has 0 aliphatic rings. The topological polar surface area (TPSA) is 157 Å². The summed E-state index contributed by atoms with van der Waals surface area (Å²) < 4.78 is 25.1. The number of halogens is 1. The maximum atomic E-state index is 12.8. The summed E-state index contributed by atoms with van der Waals surface area (Å²) in [6.07, 6.45) is 3.02. The molecule has 4 rings (SSSR count). The van der Waals surface area contributed by atoms with E-state index in [2.05, 4.69) is 25.4 Å². The van der Waals surface area contributed by atoms with E-state index in [4.69, 9.17) is 20.6 Å². The third-order valence-corrected chi connectivity index (χ3v) is 5.05. The van der Waals surface area contributed by atoms with Gasteiger partial charge in [0.15, 0.2) is 5.82 Å². The van der Waals surface area contributed by atoms with Gasteiger partial charge in [-0.05, 0) is 55.0 Å². The van der Waals surface area contributed by atoms with E-state index in [-0.39, 0.29) is 24.2 Å². The third kappa shape index (κ3) is 5.66. The number of aromatic nitrogens is 5. The van der Waals surface area contributed by atoms with Gasteiger partial charge in [-0.2, -0.15) is 0 Å². The molecule has 4 aromatic rings. The second-order valence-corrected chi connectivity index (χ2v) is 7.55. The molecule has 36 heavy (non-hydrogen) atoms. The van der Waals surface area contributed by atoms with E-state index in [1.54, 1.807) is 48.5 Å². The Kier molecular flexibility index (Phi) is 7.54. The van der Waals surface area contributed by atoms with Crippen molar-refractivity contribution in [3.05, 3.63) is 88.4 Å². The molecule has 0 saturated heterocycles. The molecule has 0 aliphatic heterocycles. The zero-order valence-corrected chi connectivity index (χ0v) is 19.4. The molecule has 2 heterocycles. The lowest BCUT2D eigenvalue weighted by molar-refractivity contribution is 0.270. The van der Waals surface area contributed by atoms with E-state index in [9.17, 15) is 9.18 Å². The minimum absolute atomic E-state index is 0.0527. The minimum atomic E-state index is -0.682. The summed E-state index contributed by atoms with van der Waals surface area (Å²) in [6.45, 7) is 1.50. The van der Waals surface area contributed by atoms with Crippen LogP contribution in [0.1, 0.15) is 29.9 Å². The summed E-state index contributed by atoms with van der Waals surface area (Å²) in [5.74, 6) is 1.25. The standard InChI is InChI=1S/C24H25FN8O3/c1-2-35-18-12-16(13-19(14-18)36-11-8-25)20(30-17-6-4-15(5-7-17)21(26)27)22-31-24(34)33(32-22)23-28-9-3-10-29-23/h3-7,9-10,12-14,20,30H,2,8,11H2,1H3,(H3,26,27)(H,31,32,34)/t20-/m0/s1. The summed E-state index contributed by atoms with van der Waals surface area (Å²) in [5.41, 5.74) is 6.92. The fourth-order valence-corrected chi connectivity index (χ4v) is 3.48. The van der Waals surface area contributed by atoms with Crippen molar-refractivity contribution in [3.63, 3.8) is 0 Å². The molecule has 186 valence electrons. The number of anilines is 1. The average Bonchev–Trinajstić information content (AvgIpc) is 3.28. The summed E-state index contributed by atoms with van der Waals surface area (Å²) in [5, 5.41) is 15.4. The maximum absolute atomic E-state index is 12.8. The van der Waals surface area contributed by atoms with E-state index in [1.165, 1.54) is 12.4 Å². The molecule has 0 spiro atoms. The first-order chi connectivity index (χ1) is 17.5. The zero-order valence-electron chi connectivity index (χ0n) is 19.4. The number of hydrogen-bond acceptors (Lipinski definition) is 8. The first kappa shape index (κ1) is 24.4. The highest BCUT2D eigenvalue weighted by molar-refractivity contribution is 5.95. The lowest BCUT2D eigenvalue weighted by atomic mass is 10.0. The second-order valence-electron chi connectivity index (χ2n) is 7.55. The minimum Gasteiger partial charge on any atom is -0.494 e. The van der Waals surface area contributed by atoms with Gasteiger partial charge in [0, 0.05) is 29.7 Å². The van der Waals surface area contributed by atoms with Gasteiger partial charge in [0.2, 0.25) is 0 Å². The number of H-pyrrole nitrogens is 1. The number of amidine groups is 1. The van der Waals surface area contributed by atoms with Crippen molar-refractivity contribution in [2.75, 3.05) is 25.2 Å². The number of nitrogen functional groups attached to an aromatic ring is 1. The smallest absolute Gasteiger partial charge is 0.350 e. The number of benzene rings is 2. The van der Waals surface area contributed by atoms with E-state index < -0.39 is 18.4 Å². The van der Waals surface area contributed by atoms with Gasteiger partial charge >= 0.3 is 5.69 Å². The molecule has 12 heteroatoms. The fourth-order valence-electron chi connectivity index (χ4n) is 3.48. The summed E-state index contributed by atoms with van der Waals surface area (Å²) >= 11 is 0. The van der Waals surface area contributed by atoms with Gasteiger partial charge in [-0.1, -0.05) is 0 Å². The largest absolute Gasteiger partial charge is 0.494 e. The van der Waals surface area contributed by atoms with E-state index in [1.807, 2.05) is 6.92 Å². The normalized spacial score (nSPS) is 11.6. The highest BCUT2D eigenvalue weighted by Gasteiger charge is 2.23. The number of nitrogens with zero attached hydrogens (tertiary/aromatic N) is 4. The molecule has 0 fully saturated rings. The number of hydrogen-bond donors (Lipinski definition) is 4. The van der Waals surface area contributed by atoms with Crippen LogP contribution >= 0.6 is 0 Å². The molecular formula is C24H25FN8O3. The van der Waals surface area contributed by atoms with Crippen molar-refractivity contribution < 1.29 is 13.9 Å². The van der Waals surface area contributed by atoms with Gasteiger partial charge in [0.05, 0.1) is 6.61 Å². The molecule has 2 aromatic heterocycles. The molecule has 0 aliphatic carbocycles. The third-order valence-electron chi connectivity index (χ3n) is 5.05. The van der Waals surface area contributed by atoms with Crippen LogP contribution in [0, 0.1) is 5.41 Å². The highest BCUT2D eigenvalue weighted by atomic mass is 19.1. The van der Waals surface area contributed by atoms with Crippen LogP contribution in [0.4, 0.5) is 10.1 Å².